The van der Waals surface area contributed by atoms with Gasteiger partial charge in [-0.2, -0.15) is 0 Å². The molecule has 2 saturated carbocycles. The van der Waals surface area contributed by atoms with E-state index >= 15 is 0 Å². The van der Waals surface area contributed by atoms with Crippen molar-refractivity contribution in [1.82, 2.24) is 0 Å². The molecule has 2 aliphatic rings. The monoisotopic (exact) mass is 152 g/mol. The summed E-state index contributed by atoms with van der Waals surface area (Å²) < 4.78 is 0. The molecule has 2 bridgehead atoms. The third kappa shape index (κ3) is 0.800. The SMILES string of the molecule is CC1(C)[C@H]2CC[C@@H]1C(C=O)C2. The number of hydrogen-bond donors (Lipinski definition) is 0. The minimum Gasteiger partial charge on any atom is -0.303 e. The molecule has 0 saturated heterocycles. The number of carbonyl (C=O) groups is 1. The lowest BCUT2D eigenvalue weighted by Gasteiger charge is -2.24. The fraction of sp³-hybridized carbons (Fsp3) is 0.900. The summed E-state index contributed by atoms with van der Waals surface area (Å²) in [6.45, 7) is 4.66. The molecule has 3 atom stereocenters. The van der Waals surface area contributed by atoms with Crippen LogP contribution in [0, 0.1) is 23.2 Å². The second-order valence-electron chi connectivity index (χ2n) is 4.74. The van der Waals surface area contributed by atoms with Crippen molar-refractivity contribution in [2.75, 3.05) is 0 Å². The van der Waals surface area contributed by atoms with Crippen molar-refractivity contribution >= 4 is 6.29 Å². The van der Waals surface area contributed by atoms with Crippen LogP contribution in [-0.4, -0.2) is 6.29 Å². The highest BCUT2D eigenvalue weighted by Gasteiger charge is 2.52. The van der Waals surface area contributed by atoms with Crippen LogP contribution in [-0.2, 0) is 4.79 Å². The van der Waals surface area contributed by atoms with Gasteiger partial charge in [0, 0.05) is 5.92 Å². The van der Waals surface area contributed by atoms with Crippen LogP contribution in [0.5, 0.6) is 0 Å². The molecule has 11 heavy (non-hydrogen) atoms. The van der Waals surface area contributed by atoms with E-state index in [1.165, 1.54) is 25.5 Å². The van der Waals surface area contributed by atoms with Crippen LogP contribution < -0.4 is 0 Å². The Morgan fingerprint density at radius 3 is 2.36 bits per heavy atom. The van der Waals surface area contributed by atoms with E-state index in [9.17, 15) is 4.79 Å². The normalized spacial score (nSPS) is 46.2. The quantitative estimate of drug-likeness (QED) is 0.527. The van der Waals surface area contributed by atoms with Crippen LogP contribution >= 0.6 is 0 Å². The Morgan fingerprint density at radius 2 is 2.09 bits per heavy atom. The lowest BCUT2D eigenvalue weighted by molar-refractivity contribution is -0.112. The minimum atomic E-state index is 0.392. The van der Waals surface area contributed by atoms with Crippen LogP contribution in [0.2, 0.25) is 0 Å². The Morgan fingerprint density at radius 1 is 1.36 bits per heavy atom. The standard InChI is InChI=1S/C10H16O/c1-10(2)8-3-4-9(10)7(5-8)6-11/h6-9H,3-5H2,1-2H3/t7?,8-,9+/m0/s1. The van der Waals surface area contributed by atoms with E-state index in [-0.39, 0.29) is 0 Å². The highest BCUT2D eigenvalue weighted by atomic mass is 16.1. The van der Waals surface area contributed by atoms with Gasteiger partial charge in [-0.3, -0.25) is 0 Å². The number of aldehydes is 1. The first-order valence-corrected chi connectivity index (χ1v) is 4.61. The van der Waals surface area contributed by atoms with Crippen molar-refractivity contribution in [3.63, 3.8) is 0 Å². The maximum Gasteiger partial charge on any atom is 0.123 e. The fourth-order valence-corrected chi connectivity index (χ4v) is 3.26. The molecule has 0 radical (unpaired) electrons. The molecular formula is C10H16O. The first-order valence-electron chi connectivity index (χ1n) is 4.61. The van der Waals surface area contributed by atoms with Gasteiger partial charge in [0.15, 0.2) is 0 Å². The summed E-state index contributed by atoms with van der Waals surface area (Å²) in [6.07, 6.45) is 5.01. The maximum absolute atomic E-state index is 10.7. The fourth-order valence-electron chi connectivity index (χ4n) is 3.26. The van der Waals surface area contributed by atoms with Crippen molar-refractivity contribution in [3.05, 3.63) is 0 Å². The Kier molecular flexibility index (Phi) is 1.39. The van der Waals surface area contributed by atoms with Gasteiger partial charge in [-0.25, -0.2) is 0 Å². The molecule has 0 spiro atoms. The van der Waals surface area contributed by atoms with E-state index in [1.807, 2.05) is 0 Å². The Labute approximate surface area is 68.2 Å². The Balaban J connectivity index is 2.25. The molecule has 1 heteroatoms. The van der Waals surface area contributed by atoms with E-state index in [1.54, 1.807) is 0 Å². The molecule has 2 rings (SSSR count). The predicted octanol–water partition coefficient (Wildman–Crippen LogP) is 2.26. The first-order chi connectivity index (χ1) is 5.16. The van der Waals surface area contributed by atoms with Crippen molar-refractivity contribution in [2.24, 2.45) is 23.2 Å². The van der Waals surface area contributed by atoms with Gasteiger partial charge in [0.2, 0.25) is 0 Å². The largest absolute Gasteiger partial charge is 0.303 e. The van der Waals surface area contributed by atoms with Crippen molar-refractivity contribution in [3.8, 4) is 0 Å². The average molecular weight is 152 g/mol. The smallest absolute Gasteiger partial charge is 0.123 e. The zero-order valence-electron chi connectivity index (χ0n) is 7.34. The second-order valence-corrected chi connectivity index (χ2v) is 4.74. The van der Waals surface area contributed by atoms with Crippen LogP contribution in [0.15, 0.2) is 0 Å². The Hall–Kier alpha value is -0.330. The van der Waals surface area contributed by atoms with Crippen molar-refractivity contribution in [2.45, 2.75) is 33.1 Å². The van der Waals surface area contributed by atoms with E-state index in [0.717, 1.165) is 5.92 Å². The topological polar surface area (TPSA) is 17.1 Å². The number of hydrogen-bond acceptors (Lipinski definition) is 1. The number of rotatable bonds is 1. The van der Waals surface area contributed by atoms with E-state index in [4.69, 9.17) is 0 Å². The molecule has 0 aliphatic heterocycles. The average Bonchev–Trinajstić information content (AvgIpc) is 2.40. The van der Waals surface area contributed by atoms with Crippen LogP contribution in [0.25, 0.3) is 0 Å². The van der Waals surface area contributed by atoms with E-state index in [0.29, 0.717) is 17.3 Å². The molecule has 0 aromatic rings. The van der Waals surface area contributed by atoms with E-state index < -0.39 is 0 Å². The number of fused-ring (bicyclic) bond motifs is 2. The molecule has 2 fully saturated rings. The molecule has 1 nitrogen and oxygen atoms in total. The van der Waals surface area contributed by atoms with Gasteiger partial charge in [-0.05, 0) is 36.5 Å². The van der Waals surface area contributed by atoms with Gasteiger partial charge in [0.1, 0.15) is 6.29 Å². The predicted molar refractivity (Wildman–Crippen MR) is 44.2 cm³/mol. The first kappa shape index (κ1) is 7.33. The maximum atomic E-state index is 10.7. The molecule has 1 unspecified atom stereocenters. The summed E-state index contributed by atoms with van der Waals surface area (Å²) in [5, 5.41) is 0. The molecular weight excluding hydrogens is 136 g/mol. The summed E-state index contributed by atoms with van der Waals surface area (Å²) in [6, 6.07) is 0. The van der Waals surface area contributed by atoms with Gasteiger partial charge in [0.05, 0.1) is 0 Å². The minimum absolute atomic E-state index is 0.392. The van der Waals surface area contributed by atoms with Gasteiger partial charge in [0.25, 0.3) is 0 Å². The molecule has 2 aliphatic carbocycles. The summed E-state index contributed by atoms with van der Waals surface area (Å²) in [5.41, 5.74) is 0.464. The lowest BCUT2D eigenvalue weighted by atomic mass is 9.80. The summed E-state index contributed by atoms with van der Waals surface area (Å²) >= 11 is 0. The van der Waals surface area contributed by atoms with Gasteiger partial charge < -0.3 is 4.79 Å². The molecule has 62 valence electrons. The molecule has 0 aromatic heterocycles. The molecule has 0 N–H and O–H groups in total. The molecule has 0 amide bonds. The zero-order chi connectivity index (χ0) is 8.06. The van der Waals surface area contributed by atoms with Crippen LogP contribution in [0.3, 0.4) is 0 Å². The van der Waals surface area contributed by atoms with Gasteiger partial charge >= 0.3 is 0 Å². The zero-order valence-corrected chi connectivity index (χ0v) is 7.34. The second kappa shape index (κ2) is 2.09. The third-order valence-corrected chi connectivity index (χ3v) is 4.08. The van der Waals surface area contributed by atoms with Crippen molar-refractivity contribution < 1.29 is 4.79 Å². The molecule has 0 aromatic carbocycles. The van der Waals surface area contributed by atoms with Gasteiger partial charge in [-0.15, -0.1) is 0 Å². The van der Waals surface area contributed by atoms with Crippen molar-refractivity contribution in [1.29, 1.82) is 0 Å². The van der Waals surface area contributed by atoms with Crippen LogP contribution in [0.1, 0.15) is 33.1 Å². The Bertz CT molecular complexity index is 183. The summed E-state index contributed by atoms with van der Waals surface area (Å²) in [7, 11) is 0. The lowest BCUT2D eigenvalue weighted by Crippen LogP contribution is -2.19. The van der Waals surface area contributed by atoms with Crippen LogP contribution in [0.4, 0.5) is 0 Å². The summed E-state index contributed by atoms with van der Waals surface area (Å²) in [4.78, 5) is 10.7. The van der Waals surface area contributed by atoms with E-state index in [2.05, 4.69) is 13.8 Å². The highest BCUT2D eigenvalue weighted by Crippen LogP contribution is 2.59. The highest BCUT2D eigenvalue weighted by molar-refractivity contribution is 5.55. The van der Waals surface area contributed by atoms with Gasteiger partial charge in [-0.1, -0.05) is 13.8 Å². The number of carbonyl (C=O) groups excluding carboxylic acids is 1. The third-order valence-electron chi connectivity index (χ3n) is 4.08. The summed E-state index contributed by atoms with van der Waals surface area (Å²) in [5.74, 6) is 1.93. The molecule has 0 heterocycles.